The SMILES string of the molecule is Cc1cc(S(=O)(=O)NC2CCC(N)CC2)ccc1[N+](=O)[O-]. The Morgan fingerprint density at radius 2 is 1.90 bits per heavy atom. The fourth-order valence-corrected chi connectivity index (χ4v) is 3.91. The van der Waals surface area contributed by atoms with E-state index in [0.717, 1.165) is 12.8 Å². The molecule has 2 rings (SSSR count). The van der Waals surface area contributed by atoms with Crippen molar-refractivity contribution in [2.75, 3.05) is 0 Å². The lowest BCUT2D eigenvalue weighted by atomic mass is 9.93. The van der Waals surface area contributed by atoms with E-state index in [1.165, 1.54) is 25.1 Å². The molecule has 0 amide bonds. The van der Waals surface area contributed by atoms with Crippen LogP contribution in [0.25, 0.3) is 0 Å². The summed E-state index contributed by atoms with van der Waals surface area (Å²) in [5.41, 5.74) is 6.04. The molecule has 0 aromatic heterocycles. The van der Waals surface area contributed by atoms with Crippen molar-refractivity contribution in [2.24, 2.45) is 5.73 Å². The van der Waals surface area contributed by atoms with Crippen LogP contribution in [-0.2, 0) is 10.0 Å². The molecule has 0 atom stereocenters. The van der Waals surface area contributed by atoms with Crippen molar-refractivity contribution in [3.8, 4) is 0 Å². The Labute approximate surface area is 123 Å². The molecule has 1 aromatic carbocycles. The highest BCUT2D eigenvalue weighted by molar-refractivity contribution is 7.89. The second-order valence-corrected chi connectivity index (χ2v) is 7.15. The monoisotopic (exact) mass is 313 g/mol. The van der Waals surface area contributed by atoms with Crippen molar-refractivity contribution in [3.05, 3.63) is 33.9 Å². The summed E-state index contributed by atoms with van der Waals surface area (Å²) in [6.45, 7) is 1.52. The Kier molecular flexibility index (Phi) is 4.60. The minimum atomic E-state index is -3.66. The van der Waals surface area contributed by atoms with Gasteiger partial charge < -0.3 is 5.73 Å². The van der Waals surface area contributed by atoms with Gasteiger partial charge in [0.25, 0.3) is 5.69 Å². The first kappa shape index (κ1) is 15.9. The zero-order valence-corrected chi connectivity index (χ0v) is 12.6. The van der Waals surface area contributed by atoms with Crippen LogP contribution in [-0.4, -0.2) is 25.4 Å². The van der Waals surface area contributed by atoms with E-state index in [-0.39, 0.29) is 22.7 Å². The highest BCUT2D eigenvalue weighted by Crippen LogP contribution is 2.23. The fraction of sp³-hybridized carbons (Fsp3) is 0.538. The molecule has 7 nitrogen and oxygen atoms in total. The lowest BCUT2D eigenvalue weighted by Crippen LogP contribution is -2.40. The van der Waals surface area contributed by atoms with Crippen molar-refractivity contribution >= 4 is 15.7 Å². The molecule has 0 radical (unpaired) electrons. The van der Waals surface area contributed by atoms with Gasteiger partial charge in [0.1, 0.15) is 0 Å². The minimum absolute atomic E-state index is 0.0560. The third kappa shape index (κ3) is 3.78. The molecule has 0 bridgehead atoms. The van der Waals surface area contributed by atoms with Crippen molar-refractivity contribution in [2.45, 2.75) is 49.6 Å². The van der Waals surface area contributed by atoms with E-state index in [4.69, 9.17) is 5.73 Å². The number of nitrogens with two attached hydrogens (primary N) is 1. The van der Waals surface area contributed by atoms with Crippen molar-refractivity contribution in [1.29, 1.82) is 0 Å². The number of hydrogen-bond donors (Lipinski definition) is 2. The van der Waals surface area contributed by atoms with Gasteiger partial charge in [-0.15, -0.1) is 0 Å². The summed E-state index contributed by atoms with van der Waals surface area (Å²) in [6.07, 6.45) is 3.03. The first-order chi connectivity index (χ1) is 9.79. The molecule has 116 valence electrons. The standard InChI is InChI=1S/C13H19N3O4S/c1-9-8-12(6-7-13(9)16(17)18)21(19,20)15-11-4-2-10(14)3-5-11/h6-8,10-11,15H,2-5,14H2,1H3. The van der Waals surface area contributed by atoms with Gasteiger partial charge in [-0.05, 0) is 44.7 Å². The van der Waals surface area contributed by atoms with Crippen LogP contribution < -0.4 is 10.5 Å². The van der Waals surface area contributed by atoms with E-state index in [2.05, 4.69) is 4.72 Å². The van der Waals surface area contributed by atoms with Gasteiger partial charge in [0.2, 0.25) is 10.0 Å². The number of sulfonamides is 1. The molecule has 0 aliphatic heterocycles. The molecule has 0 heterocycles. The zero-order valence-electron chi connectivity index (χ0n) is 11.8. The molecular formula is C13H19N3O4S. The normalized spacial score (nSPS) is 23.0. The van der Waals surface area contributed by atoms with Gasteiger partial charge in [-0.3, -0.25) is 10.1 Å². The molecule has 1 aromatic rings. The first-order valence-corrected chi connectivity index (χ1v) is 8.31. The smallest absolute Gasteiger partial charge is 0.272 e. The van der Waals surface area contributed by atoms with Crippen LogP contribution in [0.4, 0.5) is 5.69 Å². The van der Waals surface area contributed by atoms with Crippen LogP contribution in [0.3, 0.4) is 0 Å². The van der Waals surface area contributed by atoms with Gasteiger partial charge in [-0.25, -0.2) is 13.1 Å². The van der Waals surface area contributed by atoms with Crippen molar-refractivity contribution < 1.29 is 13.3 Å². The van der Waals surface area contributed by atoms with Gasteiger partial charge in [-0.2, -0.15) is 0 Å². The predicted molar refractivity (Wildman–Crippen MR) is 78.4 cm³/mol. The predicted octanol–water partition coefficient (Wildman–Crippen LogP) is 1.45. The van der Waals surface area contributed by atoms with Gasteiger partial charge in [-0.1, -0.05) is 0 Å². The maximum atomic E-state index is 12.3. The summed E-state index contributed by atoms with van der Waals surface area (Å²) in [5, 5.41) is 10.8. The average Bonchev–Trinajstić information content (AvgIpc) is 2.40. The van der Waals surface area contributed by atoms with Gasteiger partial charge in [0.15, 0.2) is 0 Å². The van der Waals surface area contributed by atoms with Gasteiger partial charge in [0, 0.05) is 23.7 Å². The van der Waals surface area contributed by atoms with Gasteiger partial charge >= 0.3 is 0 Å². The Morgan fingerprint density at radius 1 is 1.29 bits per heavy atom. The molecular weight excluding hydrogens is 294 g/mol. The van der Waals surface area contributed by atoms with E-state index in [0.29, 0.717) is 18.4 Å². The number of hydrogen-bond acceptors (Lipinski definition) is 5. The van der Waals surface area contributed by atoms with Crippen LogP contribution in [0.2, 0.25) is 0 Å². The Morgan fingerprint density at radius 3 is 2.43 bits per heavy atom. The van der Waals surface area contributed by atoms with E-state index < -0.39 is 14.9 Å². The number of aryl methyl sites for hydroxylation is 1. The number of nitrogens with one attached hydrogen (secondary N) is 1. The van der Waals surface area contributed by atoms with Crippen LogP contribution in [0.5, 0.6) is 0 Å². The summed E-state index contributed by atoms with van der Waals surface area (Å²) in [4.78, 5) is 10.3. The van der Waals surface area contributed by atoms with Gasteiger partial charge in [0.05, 0.1) is 9.82 Å². The highest BCUT2D eigenvalue weighted by Gasteiger charge is 2.25. The van der Waals surface area contributed by atoms with E-state index in [1.54, 1.807) is 0 Å². The van der Waals surface area contributed by atoms with Crippen molar-refractivity contribution in [1.82, 2.24) is 4.72 Å². The topological polar surface area (TPSA) is 115 Å². The molecule has 1 fully saturated rings. The maximum Gasteiger partial charge on any atom is 0.272 e. The lowest BCUT2D eigenvalue weighted by molar-refractivity contribution is -0.385. The third-order valence-corrected chi connectivity index (χ3v) is 5.29. The second-order valence-electron chi connectivity index (χ2n) is 5.44. The third-order valence-electron chi connectivity index (χ3n) is 3.77. The van der Waals surface area contributed by atoms with Crippen LogP contribution in [0.15, 0.2) is 23.1 Å². The van der Waals surface area contributed by atoms with Crippen molar-refractivity contribution in [3.63, 3.8) is 0 Å². The van der Waals surface area contributed by atoms with Crippen LogP contribution in [0.1, 0.15) is 31.2 Å². The average molecular weight is 313 g/mol. The molecule has 0 unspecified atom stereocenters. The van der Waals surface area contributed by atoms with Crippen LogP contribution >= 0.6 is 0 Å². The highest BCUT2D eigenvalue weighted by atomic mass is 32.2. The summed E-state index contributed by atoms with van der Waals surface area (Å²) < 4.78 is 27.3. The minimum Gasteiger partial charge on any atom is -0.328 e. The Balaban J connectivity index is 2.16. The molecule has 1 aliphatic rings. The summed E-state index contributed by atoms with van der Waals surface area (Å²) in [7, 11) is -3.66. The molecule has 0 spiro atoms. The molecule has 8 heteroatoms. The fourth-order valence-electron chi connectivity index (χ4n) is 2.52. The van der Waals surface area contributed by atoms with E-state index in [1.807, 2.05) is 0 Å². The molecule has 1 aliphatic carbocycles. The number of nitro benzene ring substituents is 1. The number of nitrogens with zero attached hydrogens (tertiary/aromatic N) is 1. The Hall–Kier alpha value is -1.51. The number of nitro groups is 1. The largest absolute Gasteiger partial charge is 0.328 e. The lowest BCUT2D eigenvalue weighted by Gasteiger charge is -2.26. The number of benzene rings is 1. The summed E-state index contributed by atoms with van der Waals surface area (Å²) in [5.74, 6) is 0. The maximum absolute atomic E-state index is 12.3. The van der Waals surface area contributed by atoms with E-state index >= 15 is 0 Å². The molecule has 21 heavy (non-hydrogen) atoms. The van der Waals surface area contributed by atoms with E-state index in [9.17, 15) is 18.5 Å². The molecule has 1 saturated carbocycles. The van der Waals surface area contributed by atoms with Crippen LogP contribution in [0, 0.1) is 17.0 Å². The number of rotatable bonds is 4. The molecule has 3 N–H and O–H groups in total. The summed E-state index contributed by atoms with van der Waals surface area (Å²) >= 11 is 0. The molecule has 0 saturated heterocycles. The quantitative estimate of drug-likeness (QED) is 0.645. The first-order valence-electron chi connectivity index (χ1n) is 6.82. The summed E-state index contributed by atoms with van der Waals surface area (Å²) in [6, 6.07) is 3.84. The zero-order chi connectivity index (χ0) is 15.6. The second kappa shape index (κ2) is 6.08. The Bertz CT molecular complexity index is 637.